The first-order valence-electron chi connectivity index (χ1n) is 8.30. The predicted molar refractivity (Wildman–Crippen MR) is 102 cm³/mol. The van der Waals surface area contributed by atoms with Gasteiger partial charge in [0.15, 0.2) is 0 Å². The molecule has 0 amide bonds. The number of unbranched alkanes of at least 4 members (excludes halogenated alkanes) is 1. The van der Waals surface area contributed by atoms with Crippen LogP contribution in [0.3, 0.4) is 0 Å². The molecule has 0 spiro atoms. The molecule has 0 heterocycles. The van der Waals surface area contributed by atoms with Gasteiger partial charge in [-0.05, 0) is 38.9 Å². The minimum atomic E-state index is -1.54. The molecule has 0 bridgehead atoms. The Morgan fingerprint density at radius 2 is 2.00 bits per heavy atom. The van der Waals surface area contributed by atoms with Crippen LogP contribution in [0.25, 0.3) is 0 Å². The van der Waals surface area contributed by atoms with Crippen molar-refractivity contribution in [3.63, 3.8) is 0 Å². The molecule has 2 rings (SSSR count). The van der Waals surface area contributed by atoms with E-state index in [-0.39, 0.29) is 0 Å². The zero-order chi connectivity index (χ0) is 15.5. The third-order valence-corrected chi connectivity index (χ3v) is 13.0. The largest absolute Gasteiger partial charge is 0.153 e. The highest BCUT2D eigenvalue weighted by Gasteiger charge is 2.50. The standard InChI is InChI=1S/C19H30SSi/c1-6-7-14-20-19(13-12-16(2)15-17(19)3)21(4,5)18-10-8-9-11-18/h8,10-12,15H,6-7,9,13-14H2,1-5H3. The third kappa shape index (κ3) is 3.17. The Hall–Kier alpha value is -0.473. The molecule has 2 aliphatic rings. The Morgan fingerprint density at radius 3 is 2.57 bits per heavy atom. The van der Waals surface area contributed by atoms with Crippen molar-refractivity contribution in [3.8, 4) is 0 Å². The fourth-order valence-corrected chi connectivity index (χ4v) is 10.3. The normalized spacial score (nSPS) is 25.7. The van der Waals surface area contributed by atoms with Gasteiger partial charge >= 0.3 is 0 Å². The maximum atomic E-state index is 2.58. The number of hydrogen-bond acceptors (Lipinski definition) is 1. The minimum Gasteiger partial charge on any atom is -0.153 e. The number of rotatable bonds is 6. The van der Waals surface area contributed by atoms with E-state index in [9.17, 15) is 0 Å². The quantitative estimate of drug-likeness (QED) is 0.413. The lowest BCUT2D eigenvalue weighted by Gasteiger charge is -2.48. The molecule has 1 atom stereocenters. The van der Waals surface area contributed by atoms with Gasteiger partial charge in [0, 0.05) is 4.37 Å². The van der Waals surface area contributed by atoms with Crippen molar-refractivity contribution in [3.05, 3.63) is 46.7 Å². The molecule has 116 valence electrons. The fraction of sp³-hybridized carbons (Fsp3) is 0.579. The first-order valence-corrected chi connectivity index (χ1v) is 12.3. The molecule has 1 unspecified atom stereocenters. The van der Waals surface area contributed by atoms with Crippen molar-refractivity contribution in [2.45, 2.75) is 63.9 Å². The van der Waals surface area contributed by atoms with E-state index in [1.807, 2.05) is 0 Å². The van der Waals surface area contributed by atoms with E-state index in [0.29, 0.717) is 4.37 Å². The molecule has 0 fully saturated rings. The van der Waals surface area contributed by atoms with Crippen molar-refractivity contribution in [1.82, 2.24) is 0 Å². The predicted octanol–water partition coefficient (Wildman–Crippen LogP) is 6.23. The lowest BCUT2D eigenvalue weighted by Crippen LogP contribution is -2.54. The van der Waals surface area contributed by atoms with Gasteiger partial charge in [-0.15, -0.1) is 0 Å². The Labute approximate surface area is 136 Å². The van der Waals surface area contributed by atoms with Crippen molar-refractivity contribution >= 4 is 19.8 Å². The first-order chi connectivity index (χ1) is 9.94. The van der Waals surface area contributed by atoms with Gasteiger partial charge in [0.25, 0.3) is 0 Å². The second-order valence-corrected chi connectivity index (χ2v) is 13.4. The zero-order valence-corrected chi connectivity index (χ0v) is 16.1. The summed E-state index contributed by atoms with van der Waals surface area (Å²) in [6, 6.07) is 0. The van der Waals surface area contributed by atoms with Crippen molar-refractivity contribution in [2.24, 2.45) is 0 Å². The summed E-state index contributed by atoms with van der Waals surface area (Å²) < 4.78 is 0.349. The molecule has 2 heteroatoms. The summed E-state index contributed by atoms with van der Waals surface area (Å²) in [4.78, 5) is 0. The average Bonchev–Trinajstić information content (AvgIpc) is 2.96. The molecule has 0 nitrogen and oxygen atoms in total. The Morgan fingerprint density at radius 1 is 1.24 bits per heavy atom. The summed E-state index contributed by atoms with van der Waals surface area (Å²) in [7, 11) is -1.54. The van der Waals surface area contributed by atoms with Crippen LogP contribution in [0.2, 0.25) is 13.1 Å². The summed E-state index contributed by atoms with van der Waals surface area (Å²) >= 11 is 2.25. The van der Waals surface area contributed by atoms with Crippen LogP contribution in [0.15, 0.2) is 46.7 Å². The zero-order valence-electron chi connectivity index (χ0n) is 14.3. The average molecular weight is 319 g/mol. The Bertz CT molecular complexity index is 508. The van der Waals surface area contributed by atoms with Gasteiger partial charge in [-0.25, -0.2) is 0 Å². The molecule has 0 aliphatic heterocycles. The van der Waals surface area contributed by atoms with Crippen LogP contribution < -0.4 is 0 Å². The first kappa shape index (κ1) is 16.9. The molecule has 0 aromatic carbocycles. The SMILES string of the molecule is CCCCSC1([Si](C)(C)C2=CCC=C2)CC=C(C)C=C1C. The molecule has 0 aromatic heterocycles. The van der Waals surface area contributed by atoms with Gasteiger partial charge in [-0.1, -0.05) is 73.2 Å². The fourth-order valence-electron chi connectivity index (χ4n) is 3.63. The van der Waals surface area contributed by atoms with Crippen LogP contribution in [0, 0.1) is 0 Å². The number of allylic oxidation sites excluding steroid dienone is 7. The van der Waals surface area contributed by atoms with E-state index in [1.165, 1.54) is 30.6 Å². The van der Waals surface area contributed by atoms with E-state index in [0.717, 1.165) is 6.42 Å². The van der Waals surface area contributed by atoms with Gasteiger partial charge in [-0.3, -0.25) is 0 Å². The molecular formula is C19H30SSi. The van der Waals surface area contributed by atoms with Crippen molar-refractivity contribution < 1.29 is 0 Å². The van der Waals surface area contributed by atoms with Gasteiger partial charge in [0.05, 0.1) is 0 Å². The maximum Gasteiger partial charge on any atom is 0.103 e. The van der Waals surface area contributed by atoms with Crippen LogP contribution in [-0.4, -0.2) is 18.2 Å². The Balaban J connectivity index is 2.37. The summed E-state index contributed by atoms with van der Waals surface area (Å²) in [6.07, 6.45) is 17.1. The smallest absolute Gasteiger partial charge is 0.103 e. The van der Waals surface area contributed by atoms with Gasteiger partial charge in [-0.2, -0.15) is 11.8 Å². The summed E-state index contributed by atoms with van der Waals surface area (Å²) in [5.41, 5.74) is 3.06. The summed E-state index contributed by atoms with van der Waals surface area (Å²) in [5, 5.41) is 1.66. The van der Waals surface area contributed by atoms with Crippen LogP contribution in [0.1, 0.15) is 46.5 Å². The van der Waals surface area contributed by atoms with E-state index < -0.39 is 8.07 Å². The van der Waals surface area contributed by atoms with E-state index in [4.69, 9.17) is 0 Å². The van der Waals surface area contributed by atoms with E-state index in [1.54, 1.807) is 10.8 Å². The van der Waals surface area contributed by atoms with Crippen LogP contribution in [0.5, 0.6) is 0 Å². The monoisotopic (exact) mass is 318 g/mol. The van der Waals surface area contributed by atoms with Crippen LogP contribution >= 0.6 is 11.8 Å². The van der Waals surface area contributed by atoms with Gasteiger partial charge < -0.3 is 0 Å². The minimum absolute atomic E-state index is 0.349. The second-order valence-electron chi connectivity index (χ2n) is 6.93. The number of thioether (sulfide) groups is 1. The molecule has 0 saturated carbocycles. The maximum absolute atomic E-state index is 2.58. The second kappa shape index (κ2) is 6.74. The number of hydrogen-bond donors (Lipinski definition) is 0. The highest BCUT2D eigenvalue weighted by molar-refractivity contribution is 8.02. The molecule has 0 saturated heterocycles. The van der Waals surface area contributed by atoms with Crippen molar-refractivity contribution in [2.75, 3.05) is 5.75 Å². The molecule has 0 N–H and O–H groups in total. The van der Waals surface area contributed by atoms with Crippen LogP contribution in [-0.2, 0) is 0 Å². The topological polar surface area (TPSA) is 0 Å². The van der Waals surface area contributed by atoms with E-state index >= 15 is 0 Å². The highest BCUT2D eigenvalue weighted by atomic mass is 32.2. The lowest BCUT2D eigenvalue weighted by molar-refractivity contribution is 0.840. The molecule has 21 heavy (non-hydrogen) atoms. The summed E-state index contributed by atoms with van der Waals surface area (Å²) in [5.74, 6) is 1.29. The molecule has 0 radical (unpaired) electrons. The lowest BCUT2D eigenvalue weighted by atomic mass is 10.0. The van der Waals surface area contributed by atoms with Crippen LogP contribution in [0.4, 0.5) is 0 Å². The summed E-state index contributed by atoms with van der Waals surface area (Å²) in [6.45, 7) is 12.1. The molecule has 2 aliphatic carbocycles. The van der Waals surface area contributed by atoms with Gasteiger partial charge in [0.1, 0.15) is 8.07 Å². The van der Waals surface area contributed by atoms with E-state index in [2.05, 4.69) is 76.0 Å². The van der Waals surface area contributed by atoms with Gasteiger partial charge in [0.2, 0.25) is 0 Å². The highest BCUT2D eigenvalue weighted by Crippen LogP contribution is 2.50. The van der Waals surface area contributed by atoms with Crippen molar-refractivity contribution in [1.29, 1.82) is 0 Å². The molecular weight excluding hydrogens is 288 g/mol. The Kier molecular flexibility index (Phi) is 5.42. The molecule has 0 aromatic rings. The third-order valence-electron chi connectivity index (χ3n) is 5.14.